The lowest BCUT2D eigenvalue weighted by atomic mass is 10.1. The smallest absolute Gasteiger partial charge is 0.124 e. The Morgan fingerprint density at radius 1 is 1.07 bits per heavy atom. The van der Waals surface area contributed by atoms with Gasteiger partial charge >= 0.3 is 0 Å². The Hall–Kier alpha value is -2.28. The zero-order valence-corrected chi connectivity index (χ0v) is 17.1. The van der Waals surface area contributed by atoms with E-state index in [2.05, 4.69) is 60.0 Å². The highest BCUT2D eigenvalue weighted by Gasteiger charge is 2.22. The van der Waals surface area contributed by atoms with Crippen LogP contribution in [0.5, 0.6) is 0 Å². The van der Waals surface area contributed by atoms with Gasteiger partial charge in [-0.25, -0.2) is 9.97 Å². The molecule has 144 valence electrons. The standard InChI is InChI=1S/C22H24N4OS/c1-25(2)14-21-23-18-13-15(22-24-17-5-3-4-6-20(17)28-22)7-8-19(18)26(21)16-9-11-27-12-10-16/h3-8,13,16H,9-12,14H2,1-2H3. The minimum Gasteiger partial charge on any atom is -0.381 e. The second kappa shape index (κ2) is 7.28. The van der Waals surface area contributed by atoms with Gasteiger partial charge in [0, 0.05) is 24.8 Å². The van der Waals surface area contributed by atoms with Crippen LogP contribution in [0.1, 0.15) is 24.7 Å². The minimum atomic E-state index is 0.460. The van der Waals surface area contributed by atoms with E-state index in [-0.39, 0.29) is 0 Å². The maximum Gasteiger partial charge on any atom is 0.124 e. The van der Waals surface area contributed by atoms with Gasteiger partial charge in [0.2, 0.25) is 0 Å². The van der Waals surface area contributed by atoms with Crippen molar-refractivity contribution in [2.24, 2.45) is 0 Å². The highest BCUT2D eigenvalue weighted by molar-refractivity contribution is 7.21. The van der Waals surface area contributed by atoms with Crippen LogP contribution in [0.15, 0.2) is 42.5 Å². The van der Waals surface area contributed by atoms with Gasteiger partial charge in [0.05, 0.1) is 27.8 Å². The molecule has 3 heterocycles. The van der Waals surface area contributed by atoms with Crippen molar-refractivity contribution in [3.63, 3.8) is 0 Å². The first kappa shape index (κ1) is 17.8. The molecule has 2 aromatic heterocycles. The summed E-state index contributed by atoms with van der Waals surface area (Å²) in [5.74, 6) is 1.13. The van der Waals surface area contributed by atoms with Crippen LogP contribution in [0.3, 0.4) is 0 Å². The predicted molar refractivity (Wildman–Crippen MR) is 115 cm³/mol. The van der Waals surface area contributed by atoms with Crippen LogP contribution in [0.4, 0.5) is 0 Å². The maximum atomic E-state index is 5.59. The second-order valence-electron chi connectivity index (χ2n) is 7.67. The van der Waals surface area contributed by atoms with Gasteiger partial charge in [-0.05, 0) is 57.3 Å². The van der Waals surface area contributed by atoms with E-state index in [1.54, 1.807) is 11.3 Å². The first-order valence-corrected chi connectivity index (χ1v) is 10.6. The third-order valence-corrected chi connectivity index (χ3v) is 6.40. The van der Waals surface area contributed by atoms with Crippen molar-refractivity contribution in [2.45, 2.75) is 25.4 Å². The molecule has 5 nitrogen and oxygen atoms in total. The van der Waals surface area contributed by atoms with Crippen LogP contribution in [0.2, 0.25) is 0 Å². The first-order valence-electron chi connectivity index (χ1n) is 9.78. The lowest BCUT2D eigenvalue weighted by molar-refractivity contribution is 0.0694. The molecule has 1 aliphatic rings. The fourth-order valence-corrected chi connectivity index (χ4v) is 4.98. The van der Waals surface area contributed by atoms with Crippen molar-refractivity contribution in [3.05, 3.63) is 48.3 Å². The van der Waals surface area contributed by atoms with E-state index in [1.807, 2.05) is 6.07 Å². The first-order chi connectivity index (χ1) is 13.7. The number of rotatable bonds is 4. The maximum absolute atomic E-state index is 5.59. The van der Waals surface area contributed by atoms with Gasteiger partial charge in [0.15, 0.2) is 0 Å². The number of thiazole rings is 1. The Kier molecular flexibility index (Phi) is 4.62. The second-order valence-corrected chi connectivity index (χ2v) is 8.70. The average molecular weight is 393 g/mol. The van der Waals surface area contributed by atoms with E-state index in [0.717, 1.165) is 60.0 Å². The Labute approximate surface area is 168 Å². The summed E-state index contributed by atoms with van der Waals surface area (Å²) in [6.07, 6.45) is 2.09. The highest BCUT2D eigenvalue weighted by atomic mass is 32.1. The van der Waals surface area contributed by atoms with Gasteiger partial charge in [-0.3, -0.25) is 0 Å². The van der Waals surface area contributed by atoms with Gasteiger partial charge < -0.3 is 14.2 Å². The number of para-hydroxylation sites is 1. The monoisotopic (exact) mass is 392 g/mol. The number of fused-ring (bicyclic) bond motifs is 2. The van der Waals surface area contributed by atoms with Crippen LogP contribution >= 0.6 is 11.3 Å². The number of ether oxygens (including phenoxy) is 1. The molecule has 0 saturated carbocycles. The molecule has 5 rings (SSSR count). The van der Waals surface area contributed by atoms with E-state index in [9.17, 15) is 0 Å². The van der Waals surface area contributed by atoms with Gasteiger partial charge in [-0.15, -0.1) is 11.3 Å². The fraction of sp³-hybridized carbons (Fsp3) is 0.364. The molecule has 0 N–H and O–H groups in total. The summed E-state index contributed by atoms with van der Waals surface area (Å²) in [6, 6.07) is 15.4. The molecule has 0 amide bonds. The Bertz CT molecular complexity index is 1090. The topological polar surface area (TPSA) is 43.2 Å². The lowest BCUT2D eigenvalue weighted by Crippen LogP contribution is -2.23. The molecule has 1 fully saturated rings. The molecule has 1 saturated heterocycles. The van der Waals surface area contributed by atoms with Crippen LogP contribution in [0, 0.1) is 0 Å². The molecule has 6 heteroatoms. The minimum absolute atomic E-state index is 0.460. The Morgan fingerprint density at radius 2 is 1.89 bits per heavy atom. The number of hydrogen-bond donors (Lipinski definition) is 0. The van der Waals surface area contributed by atoms with Gasteiger partial charge in [0.25, 0.3) is 0 Å². The number of imidazole rings is 1. The molecule has 0 spiro atoms. The van der Waals surface area contributed by atoms with Gasteiger partial charge in [0.1, 0.15) is 10.8 Å². The number of benzene rings is 2. The molecule has 4 aromatic rings. The van der Waals surface area contributed by atoms with E-state index >= 15 is 0 Å². The van der Waals surface area contributed by atoms with Crippen LogP contribution < -0.4 is 0 Å². The van der Waals surface area contributed by atoms with E-state index in [0.29, 0.717) is 6.04 Å². The molecule has 0 bridgehead atoms. The quantitative estimate of drug-likeness (QED) is 0.504. The van der Waals surface area contributed by atoms with Crippen LogP contribution in [-0.2, 0) is 11.3 Å². The molecule has 28 heavy (non-hydrogen) atoms. The Morgan fingerprint density at radius 3 is 2.68 bits per heavy atom. The van der Waals surface area contributed by atoms with E-state index in [4.69, 9.17) is 14.7 Å². The molecule has 0 unspecified atom stereocenters. The van der Waals surface area contributed by atoms with Crippen molar-refractivity contribution in [1.29, 1.82) is 0 Å². The molecule has 0 atom stereocenters. The summed E-state index contributed by atoms with van der Waals surface area (Å²) in [4.78, 5) is 12.0. The molecule has 0 aliphatic carbocycles. The summed E-state index contributed by atoms with van der Waals surface area (Å²) >= 11 is 1.74. The third-order valence-electron chi connectivity index (χ3n) is 5.32. The van der Waals surface area contributed by atoms with Crippen molar-refractivity contribution in [2.75, 3.05) is 27.3 Å². The molecular formula is C22H24N4OS. The van der Waals surface area contributed by atoms with Crippen LogP contribution in [-0.4, -0.2) is 46.7 Å². The zero-order valence-electron chi connectivity index (χ0n) is 16.3. The van der Waals surface area contributed by atoms with E-state index in [1.165, 1.54) is 10.2 Å². The summed E-state index contributed by atoms with van der Waals surface area (Å²) in [6.45, 7) is 2.49. The fourth-order valence-electron chi connectivity index (χ4n) is 4.02. The zero-order chi connectivity index (χ0) is 19.1. The molecular weight excluding hydrogens is 368 g/mol. The molecule has 2 aromatic carbocycles. The molecule has 0 radical (unpaired) electrons. The van der Waals surface area contributed by atoms with Crippen molar-refractivity contribution < 1.29 is 4.74 Å². The van der Waals surface area contributed by atoms with Crippen molar-refractivity contribution >= 4 is 32.6 Å². The number of hydrogen-bond acceptors (Lipinski definition) is 5. The van der Waals surface area contributed by atoms with Gasteiger partial charge in [-0.2, -0.15) is 0 Å². The van der Waals surface area contributed by atoms with Crippen LogP contribution in [0.25, 0.3) is 31.8 Å². The average Bonchev–Trinajstić information content (AvgIpc) is 3.28. The number of aromatic nitrogens is 3. The third kappa shape index (κ3) is 3.21. The summed E-state index contributed by atoms with van der Waals surface area (Å²) in [7, 11) is 4.19. The predicted octanol–water partition coefficient (Wildman–Crippen LogP) is 4.73. The number of nitrogens with zero attached hydrogens (tertiary/aromatic N) is 4. The van der Waals surface area contributed by atoms with Crippen molar-refractivity contribution in [1.82, 2.24) is 19.4 Å². The Balaban J connectivity index is 1.61. The summed E-state index contributed by atoms with van der Waals surface area (Å²) in [5, 5.41) is 1.05. The van der Waals surface area contributed by atoms with Crippen molar-refractivity contribution in [3.8, 4) is 10.6 Å². The van der Waals surface area contributed by atoms with Gasteiger partial charge in [-0.1, -0.05) is 12.1 Å². The highest BCUT2D eigenvalue weighted by Crippen LogP contribution is 2.34. The summed E-state index contributed by atoms with van der Waals surface area (Å²) in [5.41, 5.74) is 4.47. The molecule has 1 aliphatic heterocycles. The largest absolute Gasteiger partial charge is 0.381 e. The normalized spacial score (nSPS) is 15.8. The van der Waals surface area contributed by atoms with E-state index < -0.39 is 0 Å². The summed E-state index contributed by atoms with van der Waals surface area (Å²) < 4.78 is 9.25. The SMILES string of the molecule is CN(C)Cc1nc2cc(-c3nc4ccccc4s3)ccc2n1C1CCOCC1. The lowest BCUT2D eigenvalue weighted by Gasteiger charge is -2.26.